The number of alkyl halides is 3. The van der Waals surface area contributed by atoms with Gasteiger partial charge in [-0.05, 0) is 18.6 Å². The van der Waals surface area contributed by atoms with Crippen LogP contribution in [-0.4, -0.2) is 30.3 Å². The summed E-state index contributed by atoms with van der Waals surface area (Å²) in [6, 6.07) is 4.70. The standard InChI is InChI=1S/C15H18F3NO3/c1-3-8-22-10(2)14(21)19-9-13(20)11-6-4-5-7-12(11)15(16,17)18/h3-7,10,13,20H,1,8-9H2,2H3,(H,19,21). The van der Waals surface area contributed by atoms with E-state index in [1.165, 1.54) is 31.2 Å². The molecular weight excluding hydrogens is 299 g/mol. The van der Waals surface area contributed by atoms with Crippen LogP contribution in [0.3, 0.4) is 0 Å². The fourth-order valence-corrected chi connectivity index (χ4v) is 1.78. The van der Waals surface area contributed by atoms with Crippen LogP contribution >= 0.6 is 0 Å². The van der Waals surface area contributed by atoms with Crippen LogP contribution in [0.5, 0.6) is 0 Å². The van der Waals surface area contributed by atoms with Crippen LogP contribution in [0, 0.1) is 0 Å². The molecule has 0 bridgehead atoms. The maximum absolute atomic E-state index is 12.8. The minimum atomic E-state index is -4.57. The maximum atomic E-state index is 12.8. The summed E-state index contributed by atoms with van der Waals surface area (Å²) in [6.07, 6.45) is -5.35. The second-order valence-corrected chi connectivity index (χ2v) is 4.61. The summed E-state index contributed by atoms with van der Waals surface area (Å²) in [7, 11) is 0. The van der Waals surface area contributed by atoms with E-state index in [0.717, 1.165) is 6.07 Å². The first kappa shape index (κ1) is 18.2. The molecule has 0 spiro atoms. The van der Waals surface area contributed by atoms with Crippen molar-refractivity contribution in [3.8, 4) is 0 Å². The molecule has 2 atom stereocenters. The van der Waals surface area contributed by atoms with Gasteiger partial charge in [-0.3, -0.25) is 4.79 Å². The van der Waals surface area contributed by atoms with Crippen LogP contribution in [0.2, 0.25) is 0 Å². The number of hydrogen-bond acceptors (Lipinski definition) is 3. The van der Waals surface area contributed by atoms with E-state index in [0.29, 0.717) is 0 Å². The van der Waals surface area contributed by atoms with E-state index in [2.05, 4.69) is 11.9 Å². The molecule has 1 amide bonds. The fourth-order valence-electron chi connectivity index (χ4n) is 1.78. The highest BCUT2D eigenvalue weighted by atomic mass is 19.4. The van der Waals surface area contributed by atoms with E-state index in [9.17, 15) is 23.1 Å². The first-order chi connectivity index (χ1) is 10.3. The van der Waals surface area contributed by atoms with Gasteiger partial charge in [0.25, 0.3) is 0 Å². The van der Waals surface area contributed by atoms with Crippen molar-refractivity contribution in [1.82, 2.24) is 5.32 Å². The lowest BCUT2D eigenvalue weighted by atomic mass is 10.0. The van der Waals surface area contributed by atoms with E-state index >= 15 is 0 Å². The number of aliphatic hydroxyl groups excluding tert-OH is 1. The van der Waals surface area contributed by atoms with Gasteiger partial charge in [-0.1, -0.05) is 24.3 Å². The van der Waals surface area contributed by atoms with Crippen molar-refractivity contribution >= 4 is 5.91 Å². The van der Waals surface area contributed by atoms with Crippen molar-refractivity contribution in [1.29, 1.82) is 0 Å². The lowest BCUT2D eigenvalue weighted by Crippen LogP contribution is -2.37. The highest BCUT2D eigenvalue weighted by Crippen LogP contribution is 2.34. The molecule has 22 heavy (non-hydrogen) atoms. The van der Waals surface area contributed by atoms with Crippen LogP contribution in [0.1, 0.15) is 24.2 Å². The quantitative estimate of drug-likeness (QED) is 0.760. The number of nitrogens with one attached hydrogen (secondary N) is 1. The number of ether oxygens (including phenoxy) is 1. The first-order valence-electron chi connectivity index (χ1n) is 6.61. The van der Waals surface area contributed by atoms with Crippen molar-refractivity contribution in [2.75, 3.05) is 13.2 Å². The zero-order valence-electron chi connectivity index (χ0n) is 12.1. The summed E-state index contributed by atoms with van der Waals surface area (Å²) >= 11 is 0. The van der Waals surface area contributed by atoms with Gasteiger partial charge in [-0.2, -0.15) is 13.2 Å². The van der Waals surface area contributed by atoms with Crippen molar-refractivity contribution in [2.24, 2.45) is 0 Å². The van der Waals surface area contributed by atoms with Crippen LogP contribution in [-0.2, 0) is 15.7 Å². The molecule has 2 N–H and O–H groups in total. The predicted octanol–water partition coefficient (Wildman–Crippen LogP) is 2.45. The SMILES string of the molecule is C=CCOC(C)C(=O)NCC(O)c1ccccc1C(F)(F)F. The Morgan fingerprint density at radius 2 is 2.09 bits per heavy atom. The van der Waals surface area contributed by atoms with Gasteiger partial charge in [0.05, 0.1) is 18.3 Å². The molecule has 2 unspecified atom stereocenters. The number of halogens is 3. The Balaban J connectivity index is 2.69. The van der Waals surface area contributed by atoms with Gasteiger partial charge in [0.15, 0.2) is 0 Å². The van der Waals surface area contributed by atoms with Crippen molar-refractivity contribution in [3.05, 3.63) is 48.0 Å². The third-order valence-corrected chi connectivity index (χ3v) is 2.93. The van der Waals surface area contributed by atoms with Gasteiger partial charge in [-0.15, -0.1) is 6.58 Å². The third-order valence-electron chi connectivity index (χ3n) is 2.93. The van der Waals surface area contributed by atoms with Crippen molar-refractivity contribution in [2.45, 2.75) is 25.3 Å². The molecule has 0 aliphatic carbocycles. The highest BCUT2D eigenvalue weighted by molar-refractivity contribution is 5.80. The molecule has 122 valence electrons. The molecule has 0 radical (unpaired) electrons. The summed E-state index contributed by atoms with van der Waals surface area (Å²) in [4.78, 5) is 11.7. The van der Waals surface area contributed by atoms with Gasteiger partial charge < -0.3 is 15.2 Å². The van der Waals surface area contributed by atoms with Crippen molar-refractivity contribution < 1.29 is 27.8 Å². The Kier molecular flexibility index (Phi) is 6.58. The fraction of sp³-hybridized carbons (Fsp3) is 0.400. The molecule has 0 saturated carbocycles. The molecule has 0 aromatic heterocycles. The zero-order chi connectivity index (χ0) is 16.8. The third kappa shape index (κ3) is 5.16. The molecule has 4 nitrogen and oxygen atoms in total. The summed E-state index contributed by atoms with van der Waals surface area (Å²) in [6.45, 7) is 4.77. The molecule has 1 rings (SSSR count). The molecule has 0 aliphatic heterocycles. The van der Waals surface area contributed by atoms with Crippen LogP contribution in [0.25, 0.3) is 0 Å². The van der Waals surface area contributed by atoms with Crippen molar-refractivity contribution in [3.63, 3.8) is 0 Å². The van der Waals surface area contributed by atoms with E-state index < -0.39 is 29.9 Å². The minimum Gasteiger partial charge on any atom is -0.387 e. The highest BCUT2D eigenvalue weighted by Gasteiger charge is 2.34. The minimum absolute atomic E-state index is 0.175. The summed E-state index contributed by atoms with van der Waals surface area (Å²) in [5.41, 5.74) is -1.21. The molecule has 1 aromatic carbocycles. The number of amides is 1. The van der Waals surface area contributed by atoms with Gasteiger partial charge >= 0.3 is 6.18 Å². The molecule has 0 fully saturated rings. The number of benzene rings is 1. The van der Waals surface area contributed by atoms with E-state index in [-0.39, 0.29) is 18.7 Å². The Morgan fingerprint density at radius 3 is 2.68 bits per heavy atom. The van der Waals surface area contributed by atoms with Gasteiger partial charge in [0, 0.05) is 6.54 Å². The Morgan fingerprint density at radius 1 is 1.45 bits per heavy atom. The number of hydrogen-bond donors (Lipinski definition) is 2. The Hall–Kier alpha value is -1.86. The Labute approximate surface area is 126 Å². The average Bonchev–Trinajstić information content (AvgIpc) is 2.48. The second-order valence-electron chi connectivity index (χ2n) is 4.61. The number of carbonyl (C=O) groups excluding carboxylic acids is 1. The normalized spacial score (nSPS) is 14.2. The van der Waals surface area contributed by atoms with E-state index in [1.54, 1.807) is 0 Å². The summed E-state index contributed by atoms with van der Waals surface area (Å²) in [5, 5.41) is 12.3. The van der Waals surface area contributed by atoms with E-state index in [4.69, 9.17) is 4.74 Å². The maximum Gasteiger partial charge on any atom is 0.416 e. The van der Waals surface area contributed by atoms with Crippen LogP contribution in [0.4, 0.5) is 13.2 Å². The first-order valence-corrected chi connectivity index (χ1v) is 6.61. The average molecular weight is 317 g/mol. The van der Waals surface area contributed by atoms with Gasteiger partial charge in [-0.25, -0.2) is 0 Å². The Bertz CT molecular complexity index is 517. The predicted molar refractivity (Wildman–Crippen MR) is 75.0 cm³/mol. The lowest BCUT2D eigenvalue weighted by Gasteiger charge is -2.19. The smallest absolute Gasteiger partial charge is 0.387 e. The molecular formula is C15H18F3NO3. The topological polar surface area (TPSA) is 58.6 Å². The largest absolute Gasteiger partial charge is 0.416 e. The summed E-state index contributed by atoms with van der Waals surface area (Å²) < 4.78 is 43.6. The van der Waals surface area contributed by atoms with Crippen LogP contribution < -0.4 is 5.32 Å². The lowest BCUT2D eigenvalue weighted by molar-refractivity contribution is -0.139. The summed E-state index contributed by atoms with van der Waals surface area (Å²) in [5.74, 6) is -0.523. The van der Waals surface area contributed by atoms with Crippen LogP contribution in [0.15, 0.2) is 36.9 Å². The number of carbonyl (C=O) groups is 1. The van der Waals surface area contributed by atoms with Gasteiger partial charge in [0.2, 0.25) is 5.91 Å². The molecule has 1 aromatic rings. The van der Waals surface area contributed by atoms with E-state index in [1.807, 2.05) is 0 Å². The second kappa shape index (κ2) is 7.95. The van der Waals surface area contributed by atoms with Gasteiger partial charge in [0.1, 0.15) is 6.10 Å². The molecule has 0 aliphatic rings. The zero-order valence-corrected chi connectivity index (χ0v) is 12.1. The number of aliphatic hydroxyl groups is 1. The molecule has 0 saturated heterocycles. The molecule has 0 heterocycles. The molecule has 7 heteroatoms. The monoisotopic (exact) mass is 317 g/mol. The number of rotatable bonds is 7.